The van der Waals surface area contributed by atoms with Crippen molar-refractivity contribution >= 4 is 12.1 Å². The highest BCUT2D eigenvalue weighted by Gasteiger charge is 2.05. The first kappa shape index (κ1) is 17.3. The van der Waals surface area contributed by atoms with Crippen LogP contribution in [0.15, 0.2) is 47.6 Å². The van der Waals surface area contributed by atoms with E-state index in [0.717, 1.165) is 16.7 Å². The van der Waals surface area contributed by atoms with Crippen molar-refractivity contribution in [2.45, 2.75) is 20.3 Å². The van der Waals surface area contributed by atoms with E-state index >= 15 is 0 Å². The van der Waals surface area contributed by atoms with Crippen molar-refractivity contribution in [3.05, 3.63) is 64.7 Å². The van der Waals surface area contributed by atoms with Crippen molar-refractivity contribution in [3.63, 3.8) is 0 Å². The number of ether oxygens (including phenoxy) is 1. The van der Waals surface area contributed by atoms with Gasteiger partial charge in [-0.15, -0.1) is 6.42 Å². The lowest BCUT2D eigenvalue weighted by Gasteiger charge is -2.05. The summed E-state index contributed by atoms with van der Waals surface area (Å²) in [6.45, 7) is 4.27. The second-order valence-corrected chi connectivity index (χ2v) is 5.46. The van der Waals surface area contributed by atoms with E-state index in [4.69, 9.17) is 11.2 Å². The molecule has 4 heteroatoms. The Labute approximate surface area is 142 Å². The molecule has 0 saturated carbocycles. The van der Waals surface area contributed by atoms with E-state index in [-0.39, 0.29) is 12.5 Å². The van der Waals surface area contributed by atoms with Crippen LogP contribution in [0.2, 0.25) is 0 Å². The molecule has 0 aliphatic heterocycles. The first-order valence-corrected chi connectivity index (χ1v) is 7.63. The minimum atomic E-state index is -0.146. The average molecular weight is 320 g/mol. The van der Waals surface area contributed by atoms with Crippen LogP contribution in [0.1, 0.15) is 22.3 Å². The summed E-state index contributed by atoms with van der Waals surface area (Å²) in [5.74, 6) is 2.96. The number of hydrogen-bond acceptors (Lipinski definition) is 3. The van der Waals surface area contributed by atoms with Crippen LogP contribution in [0.5, 0.6) is 5.75 Å². The molecule has 0 unspecified atom stereocenters. The summed E-state index contributed by atoms with van der Waals surface area (Å²) in [5.41, 5.74) is 6.70. The molecule has 2 aromatic rings. The number of hydrazone groups is 1. The van der Waals surface area contributed by atoms with Gasteiger partial charge in [0.2, 0.25) is 5.91 Å². The van der Waals surface area contributed by atoms with Crippen molar-refractivity contribution in [1.82, 2.24) is 5.43 Å². The molecule has 0 aromatic heterocycles. The molecule has 0 spiro atoms. The number of hydrogen-bond donors (Lipinski definition) is 1. The van der Waals surface area contributed by atoms with Gasteiger partial charge in [-0.05, 0) is 54.8 Å². The third kappa shape index (κ3) is 5.29. The first-order valence-electron chi connectivity index (χ1n) is 7.63. The van der Waals surface area contributed by atoms with Crippen LogP contribution in [-0.2, 0) is 11.2 Å². The second-order valence-electron chi connectivity index (χ2n) is 5.46. The molecule has 0 aliphatic rings. The molecule has 1 amide bonds. The van der Waals surface area contributed by atoms with Crippen molar-refractivity contribution in [2.75, 3.05) is 6.61 Å². The number of benzene rings is 2. The summed E-state index contributed by atoms with van der Waals surface area (Å²) in [4.78, 5) is 11.9. The summed E-state index contributed by atoms with van der Waals surface area (Å²) in [6.07, 6.45) is 7.03. The number of nitrogens with one attached hydrogen (secondary N) is 1. The van der Waals surface area contributed by atoms with Crippen molar-refractivity contribution in [3.8, 4) is 18.1 Å². The third-order valence-corrected chi connectivity index (χ3v) is 3.45. The molecule has 122 valence electrons. The minimum absolute atomic E-state index is 0.146. The molecule has 0 atom stereocenters. The van der Waals surface area contributed by atoms with Gasteiger partial charge in [-0.1, -0.05) is 29.7 Å². The van der Waals surface area contributed by atoms with E-state index in [2.05, 4.69) is 22.5 Å². The normalized spacial score (nSPS) is 10.4. The van der Waals surface area contributed by atoms with Crippen molar-refractivity contribution in [2.24, 2.45) is 5.10 Å². The molecular weight excluding hydrogens is 300 g/mol. The number of terminal acetylenes is 1. The topological polar surface area (TPSA) is 50.7 Å². The van der Waals surface area contributed by atoms with Crippen LogP contribution >= 0.6 is 0 Å². The van der Waals surface area contributed by atoms with E-state index in [1.54, 1.807) is 18.3 Å². The zero-order chi connectivity index (χ0) is 17.4. The molecule has 0 saturated heterocycles. The van der Waals surface area contributed by atoms with Gasteiger partial charge in [-0.25, -0.2) is 5.43 Å². The van der Waals surface area contributed by atoms with Crippen molar-refractivity contribution < 1.29 is 9.53 Å². The van der Waals surface area contributed by atoms with Gasteiger partial charge in [-0.3, -0.25) is 4.79 Å². The van der Waals surface area contributed by atoms with Gasteiger partial charge in [0.05, 0.1) is 12.6 Å². The molecule has 0 heterocycles. The molecular formula is C20H20N2O2. The Hall–Kier alpha value is -3.06. The van der Waals surface area contributed by atoms with E-state index < -0.39 is 0 Å². The van der Waals surface area contributed by atoms with Gasteiger partial charge in [0.25, 0.3) is 0 Å². The monoisotopic (exact) mass is 320 g/mol. The van der Waals surface area contributed by atoms with Gasteiger partial charge in [0.15, 0.2) is 0 Å². The predicted octanol–water partition coefficient (Wildman–Crippen LogP) is 3.01. The highest BCUT2D eigenvalue weighted by molar-refractivity contribution is 5.83. The Kier molecular flexibility index (Phi) is 6.16. The molecule has 1 N–H and O–H groups in total. The lowest BCUT2D eigenvalue weighted by Crippen LogP contribution is -2.20. The van der Waals surface area contributed by atoms with Gasteiger partial charge in [-0.2, -0.15) is 5.10 Å². The summed E-state index contributed by atoms with van der Waals surface area (Å²) in [7, 11) is 0. The lowest BCUT2D eigenvalue weighted by molar-refractivity contribution is -0.120. The van der Waals surface area contributed by atoms with Crippen LogP contribution in [-0.4, -0.2) is 18.7 Å². The fraction of sp³-hybridized carbons (Fsp3) is 0.200. The molecule has 0 radical (unpaired) electrons. The Balaban J connectivity index is 1.86. The predicted molar refractivity (Wildman–Crippen MR) is 96.1 cm³/mol. The van der Waals surface area contributed by atoms with Gasteiger partial charge in [0, 0.05) is 0 Å². The maximum atomic E-state index is 11.9. The minimum Gasteiger partial charge on any atom is -0.481 e. The van der Waals surface area contributed by atoms with Gasteiger partial charge >= 0.3 is 0 Å². The number of rotatable bonds is 6. The van der Waals surface area contributed by atoms with Crippen LogP contribution in [0.3, 0.4) is 0 Å². The van der Waals surface area contributed by atoms with Gasteiger partial charge < -0.3 is 4.74 Å². The Morgan fingerprint density at radius 2 is 2.00 bits per heavy atom. The van der Waals surface area contributed by atoms with E-state index in [9.17, 15) is 4.79 Å². The Morgan fingerprint density at radius 1 is 1.25 bits per heavy atom. The van der Waals surface area contributed by atoms with E-state index in [1.807, 2.05) is 38.1 Å². The molecule has 2 aromatic carbocycles. The SMILES string of the molecule is C#CCOc1ccc(/C=N\NC(=O)Cc2ccc(C)cc2C)cc1. The Morgan fingerprint density at radius 3 is 2.67 bits per heavy atom. The first-order chi connectivity index (χ1) is 11.6. The zero-order valence-electron chi connectivity index (χ0n) is 13.9. The van der Waals surface area contributed by atoms with Crippen molar-refractivity contribution in [1.29, 1.82) is 0 Å². The summed E-state index contributed by atoms with van der Waals surface area (Å²) in [6, 6.07) is 13.3. The maximum absolute atomic E-state index is 11.9. The third-order valence-electron chi connectivity index (χ3n) is 3.45. The number of carbonyl (C=O) groups excluding carboxylic acids is 1. The van der Waals surface area contributed by atoms with Crippen LogP contribution in [0.4, 0.5) is 0 Å². The largest absolute Gasteiger partial charge is 0.481 e. The molecule has 4 nitrogen and oxygen atoms in total. The maximum Gasteiger partial charge on any atom is 0.244 e. The molecule has 0 fully saturated rings. The number of aryl methyl sites for hydroxylation is 2. The summed E-state index contributed by atoms with van der Waals surface area (Å²) >= 11 is 0. The average Bonchev–Trinajstić information content (AvgIpc) is 2.57. The molecule has 24 heavy (non-hydrogen) atoms. The van der Waals surface area contributed by atoms with Gasteiger partial charge in [0.1, 0.15) is 12.4 Å². The van der Waals surface area contributed by atoms with E-state index in [1.165, 1.54) is 5.56 Å². The van der Waals surface area contributed by atoms with Crippen LogP contribution in [0.25, 0.3) is 0 Å². The second kappa shape index (κ2) is 8.54. The van der Waals surface area contributed by atoms with Crippen LogP contribution in [0, 0.1) is 26.2 Å². The zero-order valence-corrected chi connectivity index (χ0v) is 13.9. The quantitative estimate of drug-likeness (QED) is 0.505. The smallest absolute Gasteiger partial charge is 0.244 e. The lowest BCUT2D eigenvalue weighted by atomic mass is 10.0. The summed E-state index contributed by atoms with van der Waals surface area (Å²) < 4.78 is 5.29. The molecule has 0 aliphatic carbocycles. The Bertz CT molecular complexity index is 771. The highest BCUT2D eigenvalue weighted by atomic mass is 16.5. The highest BCUT2D eigenvalue weighted by Crippen LogP contribution is 2.12. The van der Waals surface area contributed by atoms with E-state index in [0.29, 0.717) is 12.2 Å². The fourth-order valence-electron chi connectivity index (χ4n) is 2.21. The summed E-state index contributed by atoms with van der Waals surface area (Å²) in [5, 5.41) is 3.98. The molecule has 0 bridgehead atoms. The molecule has 2 rings (SSSR count). The number of nitrogens with zero attached hydrogens (tertiary/aromatic N) is 1. The number of carbonyl (C=O) groups is 1. The fourth-order valence-corrected chi connectivity index (χ4v) is 2.21. The standard InChI is InChI=1S/C20H20N2O2/c1-4-11-24-19-9-6-17(7-10-19)14-21-22-20(23)13-18-8-5-15(2)12-16(18)3/h1,5-10,12,14H,11,13H2,2-3H3,(H,22,23)/b21-14-. The number of amides is 1. The van der Waals surface area contributed by atoms with Crippen LogP contribution < -0.4 is 10.2 Å².